The largest absolute Gasteiger partial charge is 0.357 e. The normalized spacial score (nSPS) is 21.9. The Bertz CT molecular complexity index is 635. The molecule has 0 aromatic carbocycles. The summed E-state index contributed by atoms with van der Waals surface area (Å²) >= 11 is 5.56. The highest BCUT2D eigenvalue weighted by Crippen LogP contribution is 2.39. The Morgan fingerprint density at radius 1 is 1.29 bits per heavy atom. The SMILES string of the molecule is CC(C)N1C(=S)N[C@H](c2ccccn2)[C@H]1c1ccn(C)c1. The molecule has 5 heteroatoms. The Kier molecular flexibility index (Phi) is 3.68. The second kappa shape index (κ2) is 5.48. The van der Waals surface area contributed by atoms with Gasteiger partial charge in [0.1, 0.15) is 0 Å². The van der Waals surface area contributed by atoms with E-state index in [9.17, 15) is 0 Å². The smallest absolute Gasteiger partial charge is 0.170 e. The van der Waals surface area contributed by atoms with E-state index in [0.717, 1.165) is 10.8 Å². The number of aromatic nitrogens is 2. The monoisotopic (exact) mass is 300 g/mol. The Balaban J connectivity index is 2.05. The van der Waals surface area contributed by atoms with Crippen molar-refractivity contribution in [2.75, 3.05) is 0 Å². The molecule has 0 unspecified atom stereocenters. The Morgan fingerprint density at radius 3 is 2.67 bits per heavy atom. The quantitative estimate of drug-likeness (QED) is 0.884. The van der Waals surface area contributed by atoms with Gasteiger partial charge >= 0.3 is 0 Å². The molecule has 0 radical (unpaired) electrons. The van der Waals surface area contributed by atoms with Crippen molar-refractivity contribution in [2.45, 2.75) is 32.0 Å². The molecule has 2 atom stereocenters. The third-order valence-electron chi connectivity index (χ3n) is 3.89. The van der Waals surface area contributed by atoms with Gasteiger partial charge in [-0.3, -0.25) is 4.98 Å². The van der Waals surface area contributed by atoms with Gasteiger partial charge in [-0.2, -0.15) is 0 Å². The first-order valence-electron chi connectivity index (χ1n) is 7.19. The molecule has 0 saturated carbocycles. The number of rotatable bonds is 3. The Morgan fingerprint density at radius 2 is 2.10 bits per heavy atom. The lowest BCUT2D eigenvalue weighted by atomic mass is 9.98. The van der Waals surface area contributed by atoms with E-state index in [-0.39, 0.29) is 12.1 Å². The van der Waals surface area contributed by atoms with Gasteiger partial charge in [-0.15, -0.1) is 0 Å². The van der Waals surface area contributed by atoms with Crippen LogP contribution in [0, 0.1) is 0 Å². The third-order valence-corrected chi connectivity index (χ3v) is 4.22. The average Bonchev–Trinajstić information content (AvgIpc) is 3.03. The number of hydrogen-bond donors (Lipinski definition) is 1. The second-order valence-corrected chi connectivity index (χ2v) is 6.12. The molecule has 1 aliphatic heterocycles. The summed E-state index contributed by atoms with van der Waals surface area (Å²) in [5, 5.41) is 4.25. The van der Waals surface area contributed by atoms with Gasteiger partial charge in [-0.05, 0) is 49.8 Å². The minimum absolute atomic E-state index is 0.0866. The van der Waals surface area contributed by atoms with Crippen LogP contribution < -0.4 is 5.32 Å². The van der Waals surface area contributed by atoms with Crippen molar-refractivity contribution < 1.29 is 0 Å². The summed E-state index contributed by atoms with van der Waals surface area (Å²) in [7, 11) is 2.04. The zero-order chi connectivity index (χ0) is 15.0. The molecule has 2 aromatic rings. The maximum Gasteiger partial charge on any atom is 0.170 e. The van der Waals surface area contributed by atoms with Crippen molar-refractivity contribution >= 4 is 17.3 Å². The molecule has 2 aromatic heterocycles. The van der Waals surface area contributed by atoms with Crippen LogP contribution >= 0.6 is 12.2 Å². The van der Waals surface area contributed by atoms with Gasteiger partial charge in [0.25, 0.3) is 0 Å². The summed E-state index contributed by atoms with van der Waals surface area (Å²) in [6.45, 7) is 4.34. The van der Waals surface area contributed by atoms with Crippen molar-refractivity contribution in [2.24, 2.45) is 7.05 Å². The van der Waals surface area contributed by atoms with Crippen molar-refractivity contribution in [3.05, 3.63) is 54.1 Å². The molecule has 21 heavy (non-hydrogen) atoms. The average molecular weight is 300 g/mol. The molecule has 1 aliphatic rings. The highest BCUT2D eigenvalue weighted by Gasteiger charge is 2.41. The fourth-order valence-corrected chi connectivity index (χ4v) is 3.43. The predicted molar refractivity (Wildman–Crippen MR) is 87.8 cm³/mol. The highest BCUT2D eigenvalue weighted by molar-refractivity contribution is 7.80. The highest BCUT2D eigenvalue weighted by atomic mass is 32.1. The second-order valence-electron chi connectivity index (χ2n) is 5.74. The summed E-state index contributed by atoms with van der Waals surface area (Å²) in [6.07, 6.45) is 6.07. The standard InChI is InChI=1S/C16H20N4S/c1-11(2)20-15(12-7-9-19(3)10-12)14(18-16(20)21)13-6-4-5-8-17-13/h4-11,14-15H,1-3H3,(H,18,21)/t14-,15-/m1/s1. The zero-order valence-corrected chi connectivity index (χ0v) is 13.3. The van der Waals surface area contributed by atoms with Gasteiger partial charge in [-0.25, -0.2) is 0 Å². The van der Waals surface area contributed by atoms with E-state index in [1.807, 2.05) is 25.4 Å². The topological polar surface area (TPSA) is 33.1 Å². The lowest BCUT2D eigenvalue weighted by molar-refractivity contribution is 0.269. The molecule has 110 valence electrons. The molecule has 0 bridgehead atoms. The van der Waals surface area contributed by atoms with E-state index in [2.05, 4.69) is 58.1 Å². The maximum atomic E-state index is 5.56. The van der Waals surface area contributed by atoms with Crippen LogP contribution in [0.15, 0.2) is 42.9 Å². The molecule has 0 amide bonds. The molecule has 0 spiro atoms. The van der Waals surface area contributed by atoms with E-state index < -0.39 is 0 Å². The van der Waals surface area contributed by atoms with Gasteiger partial charge < -0.3 is 14.8 Å². The van der Waals surface area contributed by atoms with Crippen LogP contribution in [0.2, 0.25) is 0 Å². The fraction of sp³-hybridized carbons (Fsp3) is 0.375. The van der Waals surface area contributed by atoms with Crippen molar-refractivity contribution in [3.63, 3.8) is 0 Å². The minimum atomic E-state index is 0.0866. The van der Waals surface area contributed by atoms with Crippen LogP contribution in [0.25, 0.3) is 0 Å². The first-order chi connectivity index (χ1) is 10.1. The van der Waals surface area contributed by atoms with Gasteiger partial charge in [0.05, 0.1) is 17.8 Å². The van der Waals surface area contributed by atoms with Crippen molar-refractivity contribution in [1.29, 1.82) is 0 Å². The van der Waals surface area contributed by atoms with Crippen LogP contribution in [0.5, 0.6) is 0 Å². The van der Waals surface area contributed by atoms with E-state index in [0.29, 0.717) is 6.04 Å². The lowest BCUT2D eigenvalue weighted by Gasteiger charge is -2.30. The van der Waals surface area contributed by atoms with Gasteiger partial charge in [0.2, 0.25) is 0 Å². The summed E-state index contributed by atoms with van der Waals surface area (Å²) in [5.41, 5.74) is 2.28. The molecule has 1 fully saturated rings. The number of aryl methyl sites for hydroxylation is 1. The van der Waals surface area contributed by atoms with E-state index in [1.165, 1.54) is 5.56 Å². The molecule has 3 heterocycles. The van der Waals surface area contributed by atoms with Crippen LogP contribution in [0.1, 0.15) is 37.2 Å². The molecule has 1 saturated heterocycles. The fourth-order valence-electron chi connectivity index (χ4n) is 2.98. The summed E-state index contributed by atoms with van der Waals surface area (Å²) < 4.78 is 2.07. The van der Waals surface area contributed by atoms with E-state index in [1.54, 1.807) is 0 Å². The Labute approximate surface area is 130 Å². The molecule has 3 rings (SSSR count). The maximum absolute atomic E-state index is 5.56. The van der Waals surface area contributed by atoms with Crippen LogP contribution in [0.3, 0.4) is 0 Å². The van der Waals surface area contributed by atoms with Crippen molar-refractivity contribution in [1.82, 2.24) is 19.8 Å². The van der Waals surface area contributed by atoms with Gasteiger partial charge in [-0.1, -0.05) is 6.07 Å². The van der Waals surface area contributed by atoms with Gasteiger partial charge in [0, 0.05) is 31.7 Å². The third kappa shape index (κ3) is 2.53. The molecule has 0 aliphatic carbocycles. The number of nitrogens with zero attached hydrogens (tertiary/aromatic N) is 3. The minimum Gasteiger partial charge on any atom is -0.357 e. The zero-order valence-electron chi connectivity index (χ0n) is 12.5. The molecular weight excluding hydrogens is 280 g/mol. The van der Waals surface area contributed by atoms with Crippen LogP contribution in [0.4, 0.5) is 0 Å². The predicted octanol–water partition coefficient (Wildman–Crippen LogP) is 2.80. The molecular formula is C16H20N4S. The van der Waals surface area contributed by atoms with E-state index >= 15 is 0 Å². The van der Waals surface area contributed by atoms with Crippen LogP contribution in [-0.4, -0.2) is 25.6 Å². The lowest BCUT2D eigenvalue weighted by Crippen LogP contribution is -2.35. The van der Waals surface area contributed by atoms with Crippen molar-refractivity contribution in [3.8, 4) is 0 Å². The van der Waals surface area contributed by atoms with Crippen LogP contribution in [-0.2, 0) is 7.05 Å². The number of thiocarbonyl (C=S) groups is 1. The molecule has 1 N–H and O–H groups in total. The summed E-state index contributed by atoms with van der Waals surface area (Å²) in [6, 6.07) is 8.77. The summed E-state index contributed by atoms with van der Waals surface area (Å²) in [5.74, 6) is 0. The molecule has 4 nitrogen and oxygen atoms in total. The first kappa shape index (κ1) is 14.1. The number of nitrogens with one attached hydrogen (secondary N) is 1. The number of pyridine rings is 1. The van der Waals surface area contributed by atoms with Gasteiger partial charge in [0.15, 0.2) is 5.11 Å². The summed E-state index contributed by atoms with van der Waals surface area (Å²) in [4.78, 5) is 6.78. The number of hydrogen-bond acceptors (Lipinski definition) is 2. The van der Waals surface area contributed by atoms with E-state index in [4.69, 9.17) is 12.2 Å². The first-order valence-corrected chi connectivity index (χ1v) is 7.60. The Hall–Kier alpha value is -1.88.